The number of fused-ring (bicyclic) bond motifs is 1. The quantitative estimate of drug-likeness (QED) is 0.653. The molecule has 4 heterocycles. The van der Waals surface area contributed by atoms with E-state index < -0.39 is 0 Å². The Balaban J connectivity index is 1.69. The molecule has 0 radical (unpaired) electrons. The topological polar surface area (TPSA) is 81.7 Å². The predicted molar refractivity (Wildman–Crippen MR) is 98.3 cm³/mol. The molecule has 3 aromatic rings. The first-order chi connectivity index (χ1) is 12.6. The number of carbonyl (C=O) groups is 1. The van der Waals surface area contributed by atoms with Crippen molar-refractivity contribution in [3.63, 3.8) is 0 Å². The van der Waals surface area contributed by atoms with Crippen LogP contribution in [0.3, 0.4) is 0 Å². The monoisotopic (exact) mass is 415 g/mol. The lowest BCUT2D eigenvalue weighted by Gasteiger charge is -2.27. The van der Waals surface area contributed by atoms with Gasteiger partial charge in [-0.05, 0) is 28.9 Å². The van der Waals surface area contributed by atoms with Gasteiger partial charge in [-0.25, -0.2) is 0 Å². The molecule has 0 bridgehead atoms. The van der Waals surface area contributed by atoms with E-state index in [0.717, 1.165) is 40.2 Å². The van der Waals surface area contributed by atoms with E-state index in [0.29, 0.717) is 18.7 Å². The zero-order chi connectivity index (χ0) is 18.3. The molecule has 0 aromatic carbocycles. The van der Waals surface area contributed by atoms with Gasteiger partial charge in [0.25, 0.3) is 5.91 Å². The van der Waals surface area contributed by atoms with E-state index in [-0.39, 0.29) is 5.91 Å². The molecule has 1 aliphatic heterocycles. The Kier molecular flexibility index (Phi) is 4.31. The zero-order valence-electron chi connectivity index (χ0n) is 14.6. The minimum Gasteiger partial charge on any atom is -0.334 e. The number of aromatic nitrogens is 6. The van der Waals surface area contributed by atoms with Gasteiger partial charge < -0.3 is 9.47 Å². The van der Waals surface area contributed by atoms with Crippen LogP contribution in [0.5, 0.6) is 0 Å². The maximum Gasteiger partial charge on any atom is 0.255 e. The smallest absolute Gasteiger partial charge is 0.255 e. The van der Waals surface area contributed by atoms with E-state index in [1.54, 1.807) is 24.8 Å². The summed E-state index contributed by atoms with van der Waals surface area (Å²) >= 11 is 3.37. The molecule has 8 nitrogen and oxygen atoms in total. The summed E-state index contributed by atoms with van der Waals surface area (Å²) in [6.45, 7) is 3.95. The van der Waals surface area contributed by atoms with Crippen molar-refractivity contribution >= 4 is 21.8 Å². The van der Waals surface area contributed by atoms with Crippen molar-refractivity contribution in [2.24, 2.45) is 7.05 Å². The molecule has 134 valence electrons. The molecule has 0 atom stereocenters. The van der Waals surface area contributed by atoms with Crippen LogP contribution in [0.4, 0.5) is 0 Å². The molecule has 1 amide bonds. The zero-order valence-corrected chi connectivity index (χ0v) is 16.1. The second-order valence-electron chi connectivity index (χ2n) is 6.21. The van der Waals surface area contributed by atoms with Crippen LogP contribution in [0.15, 0.2) is 29.3 Å². The van der Waals surface area contributed by atoms with Crippen LogP contribution in [-0.4, -0.2) is 46.9 Å². The molecule has 0 saturated carbocycles. The molecule has 0 aliphatic carbocycles. The minimum atomic E-state index is -0.0313. The summed E-state index contributed by atoms with van der Waals surface area (Å²) < 4.78 is 4.64. The average Bonchev–Trinajstić information content (AvgIpc) is 3.25. The van der Waals surface area contributed by atoms with Gasteiger partial charge in [-0.15, -0.1) is 10.2 Å². The van der Waals surface area contributed by atoms with Crippen LogP contribution in [0.25, 0.3) is 11.5 Å². The molecule has 0 fully saturated rings. The van der Waals surface area contributed by atoms with Gasteiger partial charge in [-0.1, -0.05) is 0 Å². The number of pyridine rings is 1. The highest BCUT2D eigenvalue weighted by molar-refractivity contribution is 9.10. The van der Waals surface area contributed by atoms with Crippen LogP contribution >= 0.6 is 15.9 Å². The Morgan fingerprint density at radius 3 is 2.96 bits per heavy atom. The molecule has 26 heavy (non-hydrogen) atoms. The highest BCUT2D eigenvalue weighted by atomic mass is 79.9. The van der Waals surface area contributed by atoms with Gasteiger partial charge in [0.2, 0.25) is 0 Å². The van der Waals surface area contributed by atoms with E-state index in [1.165, 1.54) is 0 Å². The molecular formula is C17H18BrN7O. The molecule has 4 rings (SSSR count). The summed E-state index contributed by atoms with van der Waals surface area (Å²) in [6, 6.07) is 1.79. The third-order valence-electron chi connectivity index (χ3n) is 4.65. The van der Waals surface area contributed by atoms with E-state index >= 15 is 0 Å². The number of aryl methyl sites for hydroxylation is 2. The Bertz CT molecular complexity index is 977. The normalized spacial score (nSPS) is 13.7. The third kappa shape index (κ3) is 2.82. The lowest BCUT2D eigenvalue weighted by molar-refractivity contribution is 0.0733. The Morgan fingerprint density at radius 2 is 2.19 bits per heavy atom. The van der Waals surface area contributed by atoms with Crippen molar-refractivity contribution in [2.75, 3.05) is 6.54 Å². The molecule has 0 N–H and O–H groups in total. The van der Waals surface area contributed by atoms with Crippen LogP contribution in [0, 0.1) is 0 Å². The third-order valence-corrected chi connectivity index (χ3v) is 5.08. The fourth-order valence-corrected chi connectivity index (χ4v) is 3.69. The van der Waals surface area contributed by atoms with Crippen LogP contribution in [0.1, 0.15) is 28.5 Å². The highest BCUT2D eigenvalue weighted by Crippen LogP contribution is 2.29. The SMILES string of the molecule is CCn1cnnc1-c1nn(C)c2c1CN(C(=O)c1cncc(Br)c1)CC2. The highest BCUT2D eigenvalue weighted by Gasteiger charge is 2.29. The Labute approximate surface area is 159 Å². The number of hydrogen-bond acceptors (Lipinski definition) is 5. The van der Waals surface area contributed by atoms with Gasteiger partial charge >= 0.3 is 0 Å². The van der Waals surface area contributed by atoms with Crippen molar-refractivity contribution < 1.29 is 4.79 Å². The van der Waals surface area contributed by atoms with Gasteiger partial charge in [0.15, 0.2) is 5.82 Å². The van der Waals surface area contributed by atoms with E-state index in [2.05, 4.69) is 36.2 Å². The number of hydrogen-bond donors (Lipinski definition) is 0. The van der Waals surface area contributed by atoms with Crippen LogP contribution < -0.4 is 0 Å². The number of halogens is 1. The first kappa shape index (κ1) is 16.9. The predicted octanol–water partition coefficient (Wildman–Crippen LogP) is 2.05. The van der Waals surface area contributed by atoms with Crippen molar-refractivity contribution in [2.45, 2.75) is 26.4 Å². The van der Waals surface area contributed by atoms with Crippen molar-refractivity contribution in [1.29, 1.82) is 0 Å². The fraction of sp³-hybridized carbons (Fsp3) is 0.353. The standard InChI is InChI=1S/C17H18BrN7O/c1-3-24-10-20-21-16(24)15-13-9-25(5-4-14(13)23(2)22-15)17(26)11-6-12(18)8-19-7-11/h6-8,10H,3-5,9H2,1-2H3. The summed E-state index contributed by atoms with van der Waals surface area (Å²) in [5.41, 5.74) is 3.55. The molecular weight excluding hydrogens is 398 g/mol. The van der Waals surface area contributed by atoms with Gasteiger partial charge in [-0.3, -0.25) is 14.5 Å². The van der Waals surface area contributed by atoms with E-state index in [9.17, 15) is 4.79 Å². The fourth-order valence-electron chi connectivity index (χ4n) is 3.33. The molecule has 1 aliphatic rings. The number of nitrogens with zero attached hydrogens (tertiary/aromatic N) is 7. The number of amides is 1. The van der Waals surface area contributed by atoms with Gasteiger partial charge in [0.05, 0.1) is 12.1 Å². The Morgan fingerprint density at radius 1 is 1.35 bits per heavy atom. The lowest BCUT2D eigenvalue weighted by atomic mass is 10.0. The van der Waals surface area contributed by atoms with Crippen molar-refractivity contribution in [3.8, 4) is 11.5 Å². The molecule has 3 aromatic heterocycles. The number of carbonyl (C=O) groups excluding carboxylic acids is 1. The summed E-state index contributed by atoms with van der Waals surface area (Å²) in [4.78, 5) is 18.8. The summed E-state index contributed by atoms with van der Waals surface area (Å²) in [5.74, 6) is 0.707. The second kappa shape index (κ2) is 6.64. The molecule has 0 spiro atoms. The van der Waals surface area contributed by atoms with Gasteiger partial charge in [0.1, 0.15) is 12.0 Å². The molecule has 0 saturated heterocycles. The van der Waals surface area contributed by atoms with E-state index in [1.807, 2.05) is 28.1 Å². The molecule has 0 unspecified atom stereocenters. The maximum atomic E-state index is 12.9. The first-order valence-electron chi connectivity index (χ1n) is 8.41. The number of rotatable bonds is 3. The maximum absolute atomic E-state index is 12.9. The van der Waals surface area contributed by atoms with Crippen LogP contribution in [0.2, 0.25) is 0 Å². The minimum absolute atomic E-state index is 0.0313. The van der Waals surface area contributed by atoms with Crippen LogP contribution in [-0.2, 0) is 26.6 Å². The second-order valence-corrected chi connectivity index (χ2v) is 7.12. The van der Waals surface area contributed by atoms with Gasteiger partial charge in [-0.2, -0.15) is 5.10 Å². The first-order valence-corrected chi connectivity index (χ1v) is 9.20. The average molecular weight is 416 g/mol. The summed E-state index contributed by atoms with van der Waals surface area (Å²) in [5, 5.41) is 12.9. The Hall–Kier alpha value is -2.55. The van der Waals surface area contributed by atoms with Crippen molar-refractivity contribution in [1.82, 2.24) is 34.4 Å². The summed E-state index contributed by atoms with van der Waals surface area (Å²) in [6.07, 6.45) is 5.73. The van der Waals surface area contributed by atoms with E-state index in [4.69, 9.17) is 0 Å². The largest absolute Gasteiger partial charge is 0.334 e. The van der Waals surface area contributed by atoms with Gasteiger partial charge in [0, 0.05) is 54.7 Å². The summed E-state index contributed by atoms with van der Waals surface area (Å²) in [7, 11) is 1.94. The van der Waals surface area contributed by atoms with Crippen molar-refractivity contribution in [3.05, 3.63) is 46.1 Å². The molecule has 9 heteroatoms. The lowest BCUT2D eigenvalue weighted by Crippen LogP contribution is -2.36.